The van der Waals surface area contributed by atoms with Crippen LogP contribution < -0.4 is 0 Å². The van der Waals surface area contributed by atoms with E-state index in [1.165, 1.54) is 5.57 Å². The fourth-order valence-corrected chi connectivity index (χ4v) is 3.58. The van der Waals surface area contributed by atoms with Crippen molar-refractivity contribution in [2.75, 3.05) is 6.61 Å². The van der Waals surface area contributed by atoms with E-state index in [1.807, 2.05) is 6.08 Å². The molecule has 3 heteroatoms. The standard InChI is InChI=1S/C16H30O2Si/c1-12-10-14(8-9-17)13(2)15(11-12)18-19(6,7)16(3,4)5/h8,12,15,17H,2,9-11H2,1,3-7H3/b14-8-/t12-,15-/m0/s1. The molecule has 1 fully saturated rings. The van der Waals surface area contributed by atoms with Gasteiger partial charge in [0.25, 0.3) is 0 Å². The number of aliphatic hydroxyl groups is 1. The topological polar surface area (TPSA) is 29.5 Å². The molecule has 0 aromatic rings. The molecule has 1 aliphatic rings. The van der Waals surface area contributed by atoms with E-state index in [0.717, 1.165) is 18.4 Å². The lowest BCUT2D eigenvalue weighted by Gasteiger charge is -2.42. The summed E-state index contributed by atoms with van der Waals surface area (Å²) in [4.78, 5) is 0. The molecule has 0 aromatic heterocycles. The molecule has 1 N–H and O–H groups in total. The zero-order chi connectivity index (χ0) is 14.8. The highest BCUT2D eigenvalue weighted by molar-refractivity contribution is 6.74. The lowest BCUT2D eigenvalue weighted by atomic mass is 9.81. The van der Waals surface area contributed by atoms with Crippen molar-refractivity contribution in [3.05, 3.63) is 23.8 Å². The monoisotopic (exact) mass is 282 g/mol. The van der Waals surface area contributed by atoms with Crippen molar-refractivity contribution in [1.29, 1.82) is 0 Å². The third kappa shape index (κ3) is 4.04. The third-order valence-electron chi connectivity index (χ3n) is 4.57. The molecular formula is C16H30O2Si. The quantitative estimate of drug-likeness (QED) is 0.783. The number of rotatable bonds is 3. The Balaban J connectivity index is 2.88. The second-order valence-electron chi connectivity index (χ2n) is 7.35. The molecule has 1 aliphatic carbocycles. The van der Waals surface area contributed by atoms with Crippen LogP contribution in [0.5, 0.6) is 0 Å². The van der Waals surface area contributed by atoms with E-state index in [4.69, 9.17) is 9.53 Å². The summed E-state index contributed by atoms with van der Waals surface area (Å²) < 4.78 is 6.52. The first-order valence-electron chi connectivity index (χ1n) is 7.25. The first kappa shape index (κ1) is 16.7. The minimum Gasteiger partial charge on any atom is -0.410 e. The Hall–Kier alpha value is -0.383. The first-order chi connectivity index (χ1) is 8.58. The van der Waals surface area contributed by atoms with Crippen LogP contribution in [0.25, 0.3) is 0 Å². The van der Waals surface area contributed by atoms with Crippen molar-refractivity contribution < 1.29 is 9.53 Å². The van der Waals surface area contributed by atoms with E-state index in [2.05, 4.69) is 47.4 Å². The van der Waals surface area contributed by atoms with Crippen molar-refractivity contribution in [3.8, 4) is 0 Å². The lowest BCUT2D eigenvalue weighted by molar-refractivity contribution is 0.173. The smallest absolute Gasteiger partial charge is 0.192 e. The van der Waals surface area contributed by atoms with Crippen molar-refractivity contribution in [3.63, 3.8) is 0 Å². The Morgan fingerprint density at radius 1 is 1.42 bits per heavy atom. The van der Waals surface area contributed by atoms with E-state index in [-0.39, 0.29) is 17.7 Å². The average molecular weight is 282 g/mol. The number of hydrogen-bond donors (Lipinski definition) is 1. The number of hydrogen-bond acceptors (Lipinski definition) is 2. The zero-order valence-electron chi connectivity index (χ0n) is 13.4. The van der Waals surface area contributed by atoms with Gasteiger partial charge in [0.15, 0.2) is 8.32 Å². The minimum atomic E-state index is -1.77. The zero-order valence-corrected chi connectivity index (χ0v) is 14.4. The van der Waals surface area contributed by atoms with Gasteiger partial charge in [-0.05, 0) is 48.0 Å². The molecule has 0 spiro atoms. The molecule has 1 saturated carbocycles. The molecule has 2 atom stereocenters. The van der Waals surface area contributed by atoms with Crippen molar-refractivity contribution in [2.24, 2.45) is 5.92 Å². The molecule has 0 amide bonds. The maximum atomic E-state index is 9.12. The summed E-state index contributed by atoms with van der Waals surface area (Å²) in [6.07, 6.45) is 4.08. The van der Waals surface area contributed by atoms with Crippen molar-refractivity contribution >= 4 is 8.32 Å². The minimum absolute atomic E-state index is 0.0912. The summed E-state index contributed by atoms with van der Waals surface area (Å²) in [6, 6.07) is 0. The summed E-state index contributed by atoms with van der Waals surface area (Å²) in [7, 11) is -1.77. The maximum absolute atomic E-state index is 9.12. The Labute approximate surface area is 119 Å². The van der Waals surface area contributed by atoms with Crippen LogP contribution in [0.2, 0.25) is 18.1 Å². The van der Waals surface area contributed by atoms with Crippen LogP contribution in [-0.4, -0.2) is 26.1 Å². The van der Waals surface area contributed by atoms with E-state index >= 15 is 0 Å². The van der Waals surface area contributed by atoms with Crippen LogP contribution in [0.3, 0.4) is 0 Å². The fourth-order valence-electron chi connectivity index (χ4n) is 2.28. The molecule has 1 rings (SSSR count). The maximum Gasteiger partial charge on any atom is 0.192 e. The third-order valence-corrected chi connectivity index (χ3v) is 9.05. The van der Waals surface area contributed by atoms with E-state index in [9.17, 15) is 0 Å². The van der Waals surface area contributed by atoms with Crippen LogP contribution >= 0.6 is 0 Å². The predicted molar refractivity (Wildman–Crippen MR) is 84.8 cm³/mol. The van der Waals surface area contributed by atoms with Gasteiger partial charge in [0.2, 0.25) is 0 Å². The Morgan fingerprint density at radius 2 is 2.00 bits per heavy atom. The van der Waals surface area contributed by atoms with Gasteiger partial charge in [0.05, 0.1) is 12.7 Å². The molecule has 0 saturated heterocycles. The summed E-state index contributed by atoms with van der Waals surface area (Å²) >= 11 is 0. The predicted octanol–water partition coefficient (Wildman–Crippen LogP) is 4.28. The first-order valence-corrected chi connectivity index (χ1v) is 10.2. The van der Waals surface area contributed by atoms with E-state index < -0.39 is 8.32 Å². The second-order valence-corrected chi connectivity index (χ2v) is 12.1. The summed E-state index contributed by atoms with van der Waals surface area (Å²) in [5.74, 6) is 0.595. The van der Waals surface area contributed by atoms with Crippen LogP contribution in [0.1, 0.15) is 40.5 Å². The van der Waals surface area contributed by atoms with Gasteiger partial charge in [-0.3, -0.25) is 0 Å². The Bertz CT molecular complexity index is 363. The fraction of sp³-hybridized carbons (Fsp3) is 0.750. The van der Waals surface area contributed by atoms with Gasteiger partial charge in [-0.25, -0.2) is 0 Å². The largest absolute Gasteiger partial charge is 0.410 e. The molecule has 0 radical (unpaired) electrons. The van der Waals surface area contributed by atoms with Gasteiger partial charge >= 0.3 is 0 Å². The van der Waals surface area contributed by atoms with Crippen LogP contribution in [0, 0.1) is 5.92 Å². The highest BCUT2D eigenvalue weighted by Gasteiger charge is 2.41. The molecule has 110 valence electrons. The summed E-state index contributed by atoms with van der Waals surface area (Å²) in [5.41, 5.74) is 2.27. The normalized spacial score (nSPS) is 27.9. The molecule has 19 heavy (non-hydrogen) atoms. The molecule has 0 aliphatic heterocycles. The highest BCUT2D eigenvalue weighted by Crippen LogP contribution is 2.41. The molecule has 0 heterocycles. The van der Waals surface area contributed by atoms with Crippen LogP contribution in [-0.2, 0) is 4.43 Å². The van der Waals surface area contributed by atoms with Crippen LogP contribution in [0.15, 0.2) is 23.8 Å². The van der Waals surface area contributed by atoms with Gasteiger partial charge in [0, 0.05) is 0 Å². The van der Waals surface area contributed by atoms with Gasteiger partial charge < -0.3 is 9.53 Å². The Morgan fingerprint density at radius 3 is 2.47 bits per heavy atom. The molecule has 0 unspecified atom stereocenters. The SMILES string of the molecule is C=C1/C(=C\CO)C[C@H](C)C[C@@H]1O[Si](C)(C)C(C)(C)C. The van der Waals surface area contributed by atoms with Gasteiger partial charge in [-0.1, -0.05) is 40.3 Å². The van der Waals surface area contributed by atoms with Crippen molar-refractivity contribution in [2.45, 2.75) is 64.8 Å². The molecule has 2 nitrogen and oxygen atoms in total. The Kier molecular flexibility index (Phi) is 5.21. The van der Waals surface area contributed by atoms with E-state index in [0.29, 0.717) is 5.92 Å². The van der Waals surface area contributed by atoms with Gasteiger partial charge in [0.1, 0.15) is 0 Å². The molecule has 0 aromatic carbocycles. The van der Waals surface area contributed by atoms with Gasteiger partial charge in [-0.2, -0.15) is 0 Å². The summed E-state index contributed by atoms with van der Waals surface area (Å²) in [5, 5.41) is 9.34. The second kappa shape index (κ2) is 5.94. The number of aliphatic hydroxyl groups excluding tert-OH is 1. The molecular weight excluding hydrogens is 252 g/mol. The van der Waals surface area contributed by atoms with Crippen LogP contribution in [0.4, 0.5) is 0 Å². The molecule has 0 bridgehead atoms. The van der Waals surface area contributed by atoms with Gasteiger partial charge in [-0.15, -0.1) is 0 Å². The highest BCUT2D eigenvalue weighted by atomic mass is 28.4. The lowest BCUT2D eigenvalue weighted by Crippen LogP contribution is -2.45. The van der Waals surface area contributed by atoms with Crippen molar-refractivity contribution in [1.82, 2.24) is 0 Å². The average Bonchev–Trinajstić information content (AvgIpc) is 2.23. The summed E-state index contributed by atoms with van der Waals surface area (Å²) in [6.45, 7) is 17.9. The van der Waals surface area contributed by atoms with E-state index in [1.54, 1.807) is 0 Å².